The number of carbonyl (C=O) groups excluding carboxylic acids is 1. The molecule has 3 rings (SSSR count). The van der Waals surface area contributed by atoms with Crippen LogP contribution in [-0.4, -0.2) is 80.3 Å². The van der Waals surface area contributed by atoms with E-state index in [0.29, 0.717) is 25.7 Å². The molecule has 2 aliphatic heterocycles. The number of nitrogens with zero attached hydrogens (tertiary/aromatic N) is 3. The predicted octanol–water partition coefficient (Wildman–Crippen LogP) is 2.30. The van der Waals surface area contributed by atoms with E-state index < -0.39 is 0 Å². The molecule has 2 fully saturated rings. The number of nitrogens with one attached hydrogen (secondary N) is 1. The third-order valence-electron chi connectivity index (χ3n) is 5.72. The molecule has 1 aromatic rings. The Morgan fingerprint density at radius 1 is 1.20 bits per heavy atom. The summed E-state index contributed by atoms with van der Waals surface area (Å²) in [5.41, 5.74) is 1.13. The second-order valence-electron chi connectivity index (χ2n) is 8.09. The largest absolute Gasteiger partial charge is 0.489 e. The topological polar surface area (TPSA) is 66.4 Å². The fraction of sp³-hybridized carbons (Fsp3) is 0.652. The average molecular weight is 417 g/mol. The maximum Gasteiger partial charge on any atom is 0.225 e. The number of guanidine groups is 1. The number of amides is 1. The van der Waals surface area contributed by atoms with Crippen molar-refractivity contribution in [1.82, 2.24) is 15.1 Å². The lowest BCUT2D eigenvalue weighted by atomic mass is 9.95. The second-order valence-corrected chi connectivity index (χ2v) is 8.09. The number of aliphatic imine (C=N–C) groups is 1. The Bertz CT molecular complexity index is 710. The van der Waals surface area contributed by atoms with Crippen LogP contribution in [0.15, 0.2) is 29.3 Å². The molecule has 0 radical (unpaired) electrons. The van der Waals surface area contributed by atoms with Crippen LogP contribution in [0.25, 0.3) is 0 Å². The molecule has 0 saturated carbocycles. The van der Waals surface area contributed by atoms with Gasteiger partial charge in [-0.05, 0) is 45.2 Å². The van der Waals surface area contributed by atoms with Gasteiger partial charge in [0.2, 0.25) is 5.91 Å². The van der Waals surface area contributed by atoms with Crippen molar-refractivity contribution in [3.05, 3.63) is 29.8 Å². The maximum atomic E-state index is 12.8. The van der Waals surface area contributed by atoms with Crippen LogP contribution in [0.3, 0.4) is 0 Å². The minimum atomic E-state index is -0.0137. The molecule has 0 aliphatic carbocycles. The molecule has 1 amide bonds. The Labute approximate surface area is 180 Å². The lowest BCUT2D eigenvalue weighted by molar-refractivity contribution is -0.140. The van der Waals surface area contributed by atoms with Crippen LogP contribution in [-0.2, 0) is 9.53 Å². The Balaban J connectivity index is 1.52. The van der Waals surface area contributed by atoms with Gasteiger partial charge in [-0.15, -0.1) is 0 Å². The van der Waals surface area contributed by atoms with E-state index in [-0.39, 0.29) is 12.0 Å². The van der Waals surface area contributed by atoms with E-state index in [1.165, 1.54) is 0 Å². The van der Waals surface area contributed by atoms with Crippen LogP contribution in [0.4, 0.5) is 0 Å². The third-order valence-corrected chi connectivity index (χ3v) is 5.72. The Kier molecular flexibility index (Phi) is 8.37. The monoisotopic (exact) mass is 416 g/mol. The summed E-state index contributed by atoms with van der Waals surface area (Å²) in [7, 11) is 0. The number of likely N-dealkylation sites (tertiary alicyclic amines) is 1. The molecule has 1 aromatic carbocycles. The summed E-state index contributed by atoms with van der Waals surface area (Å²) in [6.07, 6.45) is 1.73. The van der Waals surface area contributed by atoms with Crippen molar-refractivity contribution >= 4 is 11.9 Å². The molecule has 1 N–H and O–H groups in total. The number of ether oxygens (including phenoxy) is 2. The van der Waals surface area contributed by atoms with Crippen LogP contribution in [0.5, 0.6) is 5.75 Å². The highest BCUT2D eigenvalue weighted by Crippen LogP contribution is 2.21. The number of rotatable bonds is 6. The van der Waals surface area contributed by atoms with Gasteiger partial charge in [0.15, 0.2) is 5.96 Å². The SMILES string of the molecule is CCNC(=NCC(C)Oc1ccccc1C)N1CCC(C(=O)N2CCOCC2)CC1. The van der Waals surface area contributed by atoms with Crippen LogP contribution in [0.1, 0.15) is 32.3 Å². The van der Waals surface area contributed by atoms with Crippen molar-refractivity contribution in [2.24, 2.45) is 10.9 Å². The standard InChI is InChI=1S/C23H36N4O3/c1-4-24-23(25-17-19(3)30-21-8-6-5-7-18(21)2)27-11-9-20(10-12-27)22(28)26-13-15-29-16-14-26/h5-8,19-20H,4,9-17H2,1-3H3,(H,24,25). The third kappa shape index (κ3) is 6.11. The summed E-state index contributed by atoms with van der Waals surface area (Å²) < 4.78 is 11.4. The molecule has 7 heteroatoms. The molecule has 30 heavy (non-hydrogen) atoms. The number of hydrogen-bond acceptors (Lipinski definition) is 4. The summed E-state index contributed by atoms with van der Waals surface area (Å²) >= 11 is 0. The zero-order valence-electron chi connectivity index (χ0n) is 18.6. The number of benzene rings is 1. The highest BCUT2D eigenvalue weighted by Gasteiger charge is 2.30. The van der Waals surface area contributed by atoms with E-state index in [1.54, 1.807) is 0 Å². The molecule has 2 heterocycles. The summed E-state index contributed by atoms with van der Waals surface area (Å²) in [6, 6.07) is 8.06. The van der Waals surface area contributed by atoms with E-state index in [0.717, 1.165) is 62.8 Å². The molecule has 7 nitrogen and oxygen atoms in total. The molecule has 1 unspecified atom stereocenters. The molecule has 0 bridgehead atoms. The zero-order chi connectivity index (χ0) is 21.3. The van der Waals surface area contributed by atoms with Crippen LogP contribution < -0.4 is 10.1 Å². The Morgan fingerprint density at radius 3 is 2.57 bits per heavy atom. The molecule has 2 saturated heterocycles. The number of hydrogen-bond donors (Lipinski definition) is 1. The van der Waals surface area contributed by atoms with E-state index in [1.807, 2.05) is 30.0 Å². The zero-order valence-corrected chi connectivity index (χ0v) is 18.6. The second kappa shape index (κ2) is 11.2. The van der Waals surface area contributed by atoms with Gasteiger partial charge in [0, 0.05) is 38.6 Å². The Hall–Kier alpha value is -2.28. The number of piperidine rings is 1. The fourth-order valence-electron chi connectivity index (χ4n) is 3.96. The van der Waals surface area contributed by atoms with Gasteiger partial charge in [-0.25, -0.2) is 4.99 Å². The van der Waals surface area contributed by atoms with Gasteiger partial charge in [0.05, 0.1) is 19.8 Å². The highest BCUT2D eigenvalue weighted by molar-refractivity contribution is 5.82. The van der Waals surface area contributed by atoms with Gasteiger partial charge in [-0.3, -0.25) is 4.79 Å². The predicted molar refractivity (Wildman–Crippen MR) is 119 cm³/mol. The highest BCUT2D eigenvalue weighted by atomic mass is 16.5. The first-order valence-corrected chi connectivity index (χ1v) is 11.2. The van der Waals surface area contributed by atoms with Crippen molar-refractivity contribution in [1.29, 1.82) is 0 Å². The van der Waals surface area contributed by atoms with E-state index in [9.17, 15) is 4.79 Å². The van der Waals surface area contributed by atoms with Gasteiger partial charge in [0.1, 0.15) is 11.9 Å². The minimum absolute atomic E-state index is 0.0137. The van der Waals surface area contributed by atoms with Gasteiger partial charge in [0.25, 0.3) is 0 Å². The van der Waals surface area contributed by atoms with Gasteiger partial charge in [-0.1, -0.05) is 18.2 Å². The molecular formula is C23H36N4O3. The minimum Gasteiger partial charge on any atom is -0.489 e. The molecule has 2 aliphatic rings. The summed E-state index contributed by atoms with van der Waals surface area (Å²) in [5.74, 6) is 2.23. The van der Waals surface area contributed by atoms with E-state index >= 15 is 0 Å². The molecule has 1 atom stereocenters. The van der Waals surface area contributed by atoms with E-state index in [4.69, 9.17) is 14.5 Å². The van der Waals surface area contributed by atoms with Crippen molar-refractivity contribution in [3.8, 4) is 5.75 Å². The summed E-state index contributed by atoms with van der Waals surface area (Å²) in [6.45, 7) is 12.0. The molecule has 0 aromatic heterocycles. The van der Waals surface area contributed by atoms with Gasteiger partial charge >= 0.3 is 0 Å². The van der Waals surface area contributed by atoms with Gasteiger partial charge < -0.3 is 24.6 Å². The first-order chi connectivity index (χ1) is 14.6. The van der Waals surface area contributed by atoms with Crippen molar-refractivity contribution in [2.45, 2.75) is 39.7 Å². The quantitative estimate of drug-likeness (QED) is 0.569. The van der Waals surface area contributed by atoms with Crippen molar-refractivity contribution < 1.29 is 14.3 Å². The van der Waals surface area contributed by atoms with Crippen LogP contribution in [0, 0.1) is 12.8 Å². The first-order valence-electron chi connectivity index (χ1n) is 11.2. The van der Waals surface area contributed by atoms with Crippen LogP contribution >= 0.6 is 0 Å². The fourth-order valence-corrected chi connectivity index (χ4v) is 3.96. The normalized spacial score (nSPS) is 19.5. The van der Waals surface area contributed by atoms with Crippen LogP contribution in [0.2, 0.25) is 0 Å². The summed E-state index contributed by atoms with van der Waals surface area (Å²) in [4.78, 5) is 21.8. The Morgan fingerprint density at radius 2 is 1.90 bits per heavy atom. The first kappa shape index (κ1) is 22.4. The smallest absolute Gasteiger partial charge is 0.225 e. The lowest BCUT2D eigenvalue weighted by Gasteiger charge is -2.36. The number of para-hydroxylation sites is 1. The molecule has 0 spiro atoms. The van der Waals surface area contributed by atoms with Gasteiger partial charge in [-0.2, -0.15) is 0 Å². The summed E-state index contributed by atoms with van der Waals surface area (Å²) in [5, 5.41) is 3.40. The number of morpholine rings is 1. The molecular weight excluding hydrogens is 380 g/mol. The van der Waals surface area contributed by atoms with E-state index in [2.05, 4.69) is 30.1 Å². The maximum absolute atomic E-state index is 12.8. The van der Waals surface area contributed by atoms with Crippen molar-refractivity contribution in [2.75, 3.05) is 52.5 Å². The average Bonchev–Trinajstić information content (AvgIpc) is 2.78. The number of aryl methyl sites for hydroxylation is 1. The van der Waals surface area contributed by atoms with Crippen molar-refractivity contribution in [3.63, 3.8) is 0 Å². The molecule has 166 valence electrons. The number of carbonyl (C=O) groups is 1. The lowest BCUT2D eigenvalue weighted by Crippen LogP contribution is -2.50.